The van der Waals surface area contributed by atoms with Crippen molar-refractivity contribution in [2.45, 2.75) is 38.8 Å². The van der Waals surface area contributed by atoms with Crippen molar-refractivity contribution >= 4 is 11.6 Å². The van der Waals surface area contributed by atoms with Crippen molar-refractivity contribution in [2.24, 2.45) is 0 Å². The van der Waals surface area contributed by atoms with Gasteiger partial charge in [0.25, 0.3) is 5.91 Å². The third-order valence-electron chi connectivity index (χ3n) is 6.31. The molecule has 164 valence electrons. The molecule has 0 radical (unpaired) electrons. The van der Waals surface area contributed by atoms with E-state index in [9.17, 15) is 4.79 Å². The second-order valence-electron chi connectivity index (χ2n) is 8.47. The third-order valence-corrected chi connectivity index (χ3v) is 6.31. The summed E-state index contributed by atoms with van der Waals surface area (Å²) in [5, 5.41) is 0. The zero-order chi connectivity index (χ0) is 21.8. The predicted molar refractivity (Wildman–Crippen MR) is 122 cm³/mol. The molecule has 31 heavy (non-hydrogen) atoms. The first-order valence-electron chi connectivity index (χ1n) is 11.1. The van der Waals surface area contributed by atoms with Crippen LogP contribution in [0, 0.1) is 6.92 Å². The number of ether oxygens (including phenoxy) is 1. The Balaban J connectivity index is 1.56. The van der Waals surface area contributed by atoms with Gasteiger partial charge < -0.3 is 14.0 Å². The number of benzene rings is 1. The van der Waals surface area contributed by atoms with Crippen molar-refractivity contribution in [1.82, 2.24) is 19.2 Å². The number of hydrogen-bond acceptors (Lipinski definition) is 4. The number of likely N-dealkylation sites (N-methyl/N-ethyl adjacent to an activating group) is 1. The number of fused-ring (bicyclic) bond motifs is 1. The summed E-state index contributed by atoms with van der Waals surface area (Å²) in [5.74, 6) is -0.0131. The molecule has 2 aromatic heterocycles. The number of pyridine rings is 1. The molecule has 3 heterocycles. The Bertz CT molecular complexity index is 1020. The average Bonchev–Trinajstić information content (AvgIpc) is 3.17. The number of imidazole rings is 1. The van der Waals surface area contributed by atoms with Crippen molar-refractivity contribution in [3.8, 4) is 0 Å². The van der Waals surface area contributed by atoms with Crippen molar-refractivity contribution in [3.63, 3.8) is 0 Å². The minimum absolute atomic E-state index is 0.0131. The summed E-state index contributed by atoms with van der Waals surface area (Å²) in [6.07, 6.45) is 5.23. The molecular weight excluding hydrogens is 388 g/mol. The van der Waals surface area contributed by atoms with E-state index >= 15 is 0 Å². The first-order valence-corrected chi connectivity index (χ1v) is 11.1. The lowest BCUT2D eigenvalue weighted by Gasteiger charge is -2.31. The number of piperidine rings is 1. The number of aryl methyl sites for hydroxylation is 1. The summed E-state index contributed by atoms with van der Waals surface area (Å²) < 4.78 is 7.61. The van der Waals surface area contributed by atoms with Crippen LogP contribution in [0.25, 0.3) is 5.65 Å². The van der Waals surface area contributed by atoms with Crippen LogP contribution in [0.1, 0.15) is 40.2 Å². The van der Waals surface area contributed by atoms with Crippen molar-refractivity contribution in [2.75, 3.05) is 33.8 Å². The van der Waals surface area contributed by atoms with E-state index in [2.05, 4.69) is 21.4 Å². The quantitative estimate of drug-likeness (QED) is 0.586. The van der Waals surface area contributed by atoms with E-state index in [0.717, 1.165) is 49.3 Å². The lowest BCUT2D eigenvalue weighted by molar-refractivity contribution is 0.0382. The maximum absolute atomic E-state index is 13.4. The molecule has 0 spiro atoms. The van der Waals surface area contributed by atoms with Gasteiger partial charge in [0, 0.05) is 46.5 Å². The van der Waals surface area contributed by atoms with Crippen LogP contribution in [0.15, 0.2) is 48.7 Å². The van der Waals surface area contributed by atoms with Crippen LogP contribution in [-0.4, -0.2) is 65.0 Å². The van der Waals surface area contributed by atoms with Crippen molar-refractivity contribution in [1.29, 1.82) is 0 Å². The molecule has 4 rings (SSSR count). The zero-order valence-corrected chi connectivity index (χ0v) is 18.8. The zero-order valence-electron chi connectivity index (χ0n) is 18.8. The number of nitrogens with zero attached hydrogens (tertiary/aromatic N) is 4. The lowest BCUT2D eigenvalue weighted by atomic mass is 10.1. The number of carbonyl (C=O) groups excluding carboxylic acids is 1. The predicted octanol–water partition coefficient (Wildman–Crippen LogP) is 3.57. The van der Waals surface area contributed by atoms with Crippen LogP contribution in [-0.2, 0) is 17.7 Å². The second kappa shape index (κ2) is 9.62. The van der Waals surface area contributed by atoms with E-state index in [1.807, 2.05) is 50.5 Å². The lowest BCUT2D eigenvalue weighted by Crippen LogP contribution is -2.37. The number of carbonyl (C=O) groups is 1. The minimum atomic E-state index is -0.0131. The molecule has 6 heteroatoms. The summed E-state index contributed by atoms with van der Waals surface area (Å²) in [6, 6.07) is 14.4. The number of amides is 1. The molecule has 1 aliphatic rings. The van der Waals surface area contributed by atoms with Gasteiger partial charge in [-0.2, -0.15) is 0 Å². The van der Waals surface area contributed by atoms with E-state index in [0.29, 0.717) is 24.9 Å². The average molecular weight is 421 g/mol. The number of methoxy groups -OCH3 is 1. The molecule has 1 amide bonds. The molecule has 0 saturated carbocycles. The van der Waals surface area contributed by atoms with E-state index < -0.39 is 0 Å². The Kier molecular flexibility index (Phi) is 6.68. The van der Waals surface area contributed by atoms with Gasteiger partial charge in [0.2, 0.25) is 0 Å². The fourth-order valence-corrected chi connectivity index (χ4v) is 4.31. The van der Waals surface area contributed by atoms with Gasteiger partial charge in [-0.05, 0) is 43.4 Å². The molecule has 3 aromatic rings. The topological polar surface area (TPSA) is 50.1 Å². The van der Waals surface area contributed by atoms with Gasteiger partial charge in [0.15, 0.2) is 5.69 Å². The fraction of sp³-hybridized carbons (Fsp3) is 0.440. The normalized spacial score (nSPS) is 15.5. The van der Waals surface area contributed by atoms with Crippen LogP contribution in [0.2, 0.25) is 0 Å². The standard InChI is InChI=1S/C25H32N4O2/c1-19-8-7-14-29-22(18-28-16-12-21(31-3)13-17-28)23(26-24(19)29)25(30)27(2)15-11-20-9-5-4-6-10-20/h4-10,14,21H,11-13,15-18H2,1-3H3. The highest BCUT2D eigenvalue weighted by Gasteiger charge is 2.26. The SMILES string of the molecule is COC1CCN(Cc2c(C(=O)N(C)CCc3ccccc3)nc3c(C)cccn23)CC1. The Labute approximate surface area is 184 Å². The monoisotopic (exact) mass is 420 g/mol. The molecule has 6 nitrogen and oxygen atoms in total. The van der Waals surface area contributed by atoms with Crippen molar-refractivity contribution < 1.29 is 9.53 Å². The molecular formula is C25H32N4O2. The summed E-state index contributed by atoms with van der Waals surface area (Å²) in [7, 11) is 3.66. The Morgan fingerprint density at radius 1 is 1.16 bits per heavy atom. The van der Waals surface area contributed by atoms with Gasteiger partial charge in [0.1, 0.15) is 5.65 Å². The van der Waals surface area contributed by atoms with Crippen LogP contribution < -0.4 is 0 Å². The first-order chi connectivity index (χ1) is 15.1. The molecule has 0 atom stereocenters. The maximum Gasteiger partial charge on any atom is 0.274 e. The minimum Gasteiger partial charge on any atom is -0.381 e. The summed E-state index contributed by atoms with van der Waals surface area (Å²) in [5.41, 5.74) is 4.72. The Morgan fingerprint density at radius 2 is 1.90 bits per heavy atom. The van der Waals surface area contributed by atoms with Gasteiger partial charge in [-0.3, -0.25) is 9.69 Å². The summed E-state index contributed by atoms with van der Waals surface area (Å²) in [6.45, 7) is 5.36. The number of hydrogen-bond donors (Lipinski definition) is 0. The van der Waals surface area contributed by atoms with Gasteiger partial charge >= 0.3 is 0 Å². The highest BCUT2D eigenvalue weighted by atomic mass is 16.5. The van der Waals surface area contributed by atoms with Crippen LogP contribution >= 0.6 is 0 Å². The third kappa shape index (κ3) is 4.81. The number of rotatable bonds is 7. The molecule has 0 unspecified atom stereocenters. The Hall–Kier alpha value is -2.70. The van der Waals surface area contributed by atoms with E-state index in [1.165, 1.54) is 5.56 Å². The second-order valence-corrected chi connectivity index (χ2v) is 8.47. The van der Waals surface area contributed by atoms with Crippen LogP contribution in [0.3, 0.4) is 0 Å². The summed E-state index contributed by atoms with van der Waals surface area (Å²) in [4.78, 5) is 22.4. The van der Waals surface area contributed by atoms with E-state index in [1.54, 1.807) is 12.0 Å². The molecule has 1 aromatic carbocycles. The highest BCUT2D eigenvalue weighted by Crippen LogP contribution is 2.22. The Morgan fingerprint density at radius 3 is 2.61 bits per heavy atom. The first kappa shape index (κ1) is 21.5. The van der Waals surface area contributed by atoms with Crippen LogP contribution in [0.4, 0.5) is 0 Å². The van der Waals surface area contributed by atoms with Gasteiger partial charge in [0.05, 0.1) is 11.8 Å². The fourth-order valence-electron chi connectivity index (χ4n) is 4.31. The largest absolute Gasteiger partial charge is 0.381 e. The molecule has 1 fully saturated rings. The number of aromatic nitrogens is 2. The molecule has 0 aliphatic carbocycles. The van der Waals surface area contributed by atoms with E-state index in [4.69, 9.17) is 9.72 Å². The molecule has 0 bridgehead atoms. The molecule has 1 aliphatic heterocycles. The number of likely N-dealkylation sites (tertiary alicyclic amines) is 1. The maximum atomic E-state index is 13.4. The summed E-state index contributed by atoms with van der Waals surface area (Å²) >= 11 is 0. The molecule has 1 saturated heterocycles. The van der Waals surface area contributed by atoms with E-state index in [-0.39, 0.29) is 5.91 Å². The van der Waals surface area contributed by atoms with Gasteiger partial charge in [-0.25, -0.2) is 4.98 Å². The molecule has 0 N–H and O–H groups in total. The van der Waals surface area contributed by atoms with Crippen molar-refractivity contribution in [3.05, 3.63) is 71.2 Å². The van der Waals surface area contributed by atoms with Gasteiger partial charge in [-0.15, -0.1) is 0 Å². The smallest absolute Gasteiger partial charge is 0.274 e. The van der Waals surface area contributed by atoms with Gasteiger partial charge in [-0.1, -0.05) is 36.4 Å². The van der Waals surface area contributed by atoms with Crippen LogP contribution in [0.5, 0.6) is 0 Å². The highest BCUT2D eigenvalue weighted by molar-refractivity contribution is 5.94.